The summed E-state index contributed by atoms with van der Waals surface area (Å²) in [5, 5.41) is -0.752. The Balaban J connectivity index is 2.83. The number of aliphatic imine (C=N–C) groups is 1. The zero-order chi connectivity index (χ0) is 7.72. The average Bonchev–Trinajstić information content (AvgIpc) is 1.84. The summed E-state index contributed by atoms with van der Waals surface area (Å²) >= 11 is 0. The summed E-state index contributed by atoms with van der Waals surface area (Å²) in [7, 11) is 0. The maximum atomic E-state index is 11.9. The second-order valence-corrected chi connectivity index (χ2v) is 1.46. The second kappa shape index (κ2) is 2.28. The summed E-state index contributed by atoms with van der Waals surface area (Å²) < 4.78 is 47.4. The van der Waals surface area contributed by atoms with E-state index in [1.54, 1.807) is 0 Å². The molecule has 1 radical (unpaired) electrons. The lowest BCUT2D eigenvalue weighted by atomic mass is 10.5. The first-order chi connectivity index (χ1) is 4.61. The van der Waals surface area contributed by atoms with Gasteiger partial charge in [-0.3, -0.25) is 0 Å². The fourth-order valence-corrected chi connectivity index (χ4v) is 0.388. The van der Waals surface area contributed by atoms with Gasteiger partial charge in [-0.2, -0.15) is 18.9 Å². The van der Waals surface area contributed by atoms with Crippen LogP contribution < -0.4 is 0 Å². The molecule has 0 bridgehead atoms. The standard InChI is InChI=1S/C4HF4N2/c5-2-1-10(8)4(7)9-3(2)6/h1H. The molecule has 6 heteroatoms. The molecular formula is C4HF4N2. The topological polar surface area (TPSA) is 15.6 Å². The zero-order valence-corrected chi connectivity index (χ0v) is 4.48. The van der Waals surface area contributed by atoms with Crippen molar-refractivity contribution in [2.45, 2.75) is 0 Å². The third kappa shape index (κ3) is 1.09. The van der Waals surface area contributed by atoms with E-state index in [-0.39, 0.29) is 6.20 Å². The van der Waals surface area contributed by atoms with Crippen LogP contribution >= 0.6 is 0 Å². The fraction of sp³-hybridized carbons (Fsp3) is 0. The average molecular weight is 153 g/mol. The van der Waals surface area contributed by atoms with Crippen molar-refractivity contribution in [2.75, 3.05) is 0 Å². The molecule has 1 aliphatic rings. The molecule has 55 valence electrons. The van der Waals surface area contributed by atoms with Gasteiger partial charge in [0.2, 0.25) is 0 Å². The minimum absolute atomic E-state index is 0.0116. The summed E-state index contributed by atoms with van der Waals surface area (Å²) in [6.45, 7) is 0. The third-order valence-corrected chi connectivity index (χ3v) is 0.790. The zero-order valence-electron chi connectivity index (χ0n) is 4.48. The smallest absolute Gasteiger partial charge is 0.200 e. The molecule has 0 saturated heterocycles. The molecule has 0 atom stereocenters. The number of hydrogen-bond donors (Lipinski definition) is 0. The molecule has 0 unspecified atom stereocenters. The van der Waals surface area contributed by atoms with Gasteiger partial charge in [0.05, 0.1) is 6.20 Å². The van der Waals surface area contributed by atoms with Gasteiger partial charge in [0, 0.05) is 0 Å². The lowest BCUT2D eigenvalue weighted by Gasteiger charge is -2.11. The normalized spacial score (nSPS) is 20.6. The van der Waals surface area contributed by atoms with Crippen LogP contribution in [0.3, 0.4) is 0 Å². The van der Waals surface area contributed by atoms with Crippen LogP contribution in [0.5, 0.6) is 0 Å². The molecule has 0 spiro atoms. The van der Waals surface area contributed by atoms with E-state index in [9.17, 15) is 17.7 Å². The van der Waals surface area contributed by atoms with E-state index in [4.69, 9.17) is 0 Å². The summed E-state index contributed by atoms with van der Waals surface area (Å²) in [4.78, 5) is 2.25. The molecule has 1 aliphatic heterocycles. The van der Waals surface area contributed by atoms with Crippen LogP contribution in [-0.2, 0) is 0 Å². The molecule has 0 aromatic rings. The van der Waals surface area contributed by atoms with Crippen molar-refractivity contribution in [3.05, 3.63) is 18.4 Å². The lowest BCUT2D eigenvalue weighted by molar-refractivity contribution is 0.0401. The van der Waals surface area contributed by atoms with Crippen molar-refractivity contribution in [1.82, 2.24) is 5.12 Å². The summed E-state index contributed by atoms with van der Waals surface area (Å²) in [5.74, 6) is -3.20. The first-order valence-corrected chi connectivity index (χ1v) is 2.20. The van der Waals surface area contributed by atoms with Gasteiger partial charge >= 0.3 is 6.42 Å². The Kier molecular flexibility index (Phi) is 1.60. The highest BCUT2D eigenvalue weighted by Gasteiger charge is 2.25. The van der Waals surface area contributed by atoms with Crippen LogP contribution in [0.2, 0.25) is 0 Å². The number of allylic oxidation sites excluding steroid dienone is 1. The van der Waals surface area contributed by atoms with Crippen LogP contribution in [0.15, 0.2) is 17.0 Å². The second-order valence-electron chi connectivity index (χ2n) is 1.46. The third-order valence-electron chi connectivity index (χ3n) is 0.790. The first kappa shape index (κ1) is 7.04. The summed E-state index contributed by atoms with van der Waals surface area (Å²) in [6, 6.07) is 0. The monoisotopic (exact) mass is 153 g/mol. The van der Waals surface area contributed by atoms with Crippen molar-refractivity contribution in [3.8, 4) is 0 Å². The van der Waals surface area contributed by atoms with E-state index in [0.717, 1.165) is 0 Å². The van der Waals surface area contributed by atoms with Crippen LogP contribution in [0.4, 0.5) is 17.7 Å². The van der Waals surface area contributed by atoms with Gasteiger partial charge in [-0.05, 0) is 0 Å². The van der Waals surface area contributed by atoms with Crippen LogP contribution in [0, 0.1) is 6.42 Å². The molecule has 1 rings (SSSR count). The Labute approximate surface area is 53.4 Å². The van der Waals surface area contributed by atoms with E-state index in [1.165, 1.54) is 0 Å². The highest BCUT2D eigenvalue weighted by Crippen LogP contribution is 2.22. The van der Waals surface area contributed by atoms with Gasteiger partial charge in [-0.25, -0.2) is 4.39 Å². The highest BCUT2D eigenvalue weighted by atomic mass is 19.2. The predicted molar refractivity (Wildman–Crippen MR) is 25.0 cm³/mol. The lowest BCUT2D eigenvalue weighted by Crippen LogP contribution is -2.15. The molecule has 0 aromatic carbocycles. The Morgan fingerprint density at radius 1 is 1.30 bits per heavy atom. The SMILES string of the molecule is F[C]1N=C(F)C(F)=CN1F. The van der Waals surface area contributed by atoms with E-state index in [0.29, 0.717) is 0 Å². The van der Waals surface area contributed by atoms with E-state index >= 15 is 0 Å². The van der Waals surface area contributed by atoms with Crippen molar-refractivity contribution in [2.24, 2.45) is 4.99 Å². The van der Waals surface area contributed by atoms with Gasteiger partial charge in [-0.1, -0.05) is 4.48 Å². The van der Waals surface area contributed by atoms with Crippen molar-refractivity contribution in [1.29, 1.82) is 0 Å². The van der Waals surface area contributed by atoms with Gasteiger partial charge < -0.3 is 0 Å². The van der Waals surface area contributed by atoms with Crippen molar-refractivity contribution >= 4 is 5.97 Å². The fourth-order valence-electron chi connectivity index (χ4n) is 0.388. The summed E-state index contributed by atoms with van der Waals surface area (Å²) in [5.41, 5.74) is 0. The van der Waals surface area contributed by atoms with Crippen molar-refractivity contribution < 1.29 is 17.7 Å². The Morgan fingerprint density at radius 3 is 2.40 bits per heavy atom. The molecule has 1 heterocycles. The van der Waals surface area contributed by atoms with E-state index in [2.05, 4.69) is 4.99 Å². The maximum absolute atomic E-state index is 11.9. The van der Waals surface area contributed by atoms with Crippen LogP contribution in [0.25, 0.3) is 0 Å². The Bertz CT molecular complexity index is 177. The quantitative estimate of drug-likeness (QED) is 0.294. The number of halogens is 4. The first-order valence-electron chi connectivity index (χ1n) is 2.20. The minimum Gasteiger partial charge on any atom is -0.200 e. The molecular weight excluding hydrogens is 152 g/mol. The Morgan fingerprint density at radius 2 is 1.90 bits per heavy atom. The molecule has 2 nitrogen and oxygen atoms in total. The van der Waals surface area contributed by atoms with E-state index in [1.807, 2.05) is 0 Å². The maximum Gasteiger partial charge on any atom is 0.383 e. The predicted octanol–water partition coefficient (Wildman–Crippen LogP) is 1.78. The molecule has 10 heavy (non-hydrogen) atoms. The molecule has 0 saturated carbocycles. The number of hydrogen-bond acceptors (Lipinski definition) is 2. The Hall–Kier alpha value is -1.07. The largest absolute Gasteiger partial charge is 0.383 e. The van der Waals surface area contributed by atoms with Gasteiger partial charge in [0.1, 0.15) is 0 Å². The molecule has 0 aromatic heterocycles. The number of rotatable bonds is 0. The highest BCUT2D eigenvalue weighted by molar-refractivity contribution is 5.91. The van der Waals surface area contributed by atoms with Gasteiger partial charge in [0.15, 0.2) is 5.83 Å². The van der Waals surface area contributed by atoms with Crippen LogP contribution in [-0.4, -0.2) is 11.1 Å². The van der Waals surface area contributed by atoms with Gasteiger partial charge in [0.25, 0.3) is 5.97 Å². The molecule has 0 N–H and O–H groups in total. The van der Waals surface area contributed by atoms with Crippen molar-refractivity contribution in [3.63, 3.8) is 0 Å². The van der Waals surface area contributed by atoms with Crippen LogP contribution in [0.1, 0.15) is 0 Å². The van der Waals surface area contributed by atoms with E-state index < -0.39 is 23.3 Å². The molecule has 0 fully saturated rings. The minimum atomic E-state index is -1.72. The molecule has 0 amide bonds. The summed E-state index contributed by atoms with van der Waals surface area (Å²) in [6.07, 6.45) is -1.71. The van der Waals surface area contributed by atoms with Gasteiger partial charge in [-0.15, -0.1) is 0 Å². The molecule has 0 aliphatic carbocycles. The number of nitrogens with zero attached hydrogens (tertiary/aromatic N) is 2.